The van der Waals surface area contributed by atoms with Crippen molar-refractivity contribution in [1.82, 2.24) is 24.6 Å². The summed E-state index contributed by atoms with van der Waals surface area (Å²) < 4.78 is 1.78. The number of carbonyl (C=O) groups is 1. The van der Waals surface area contributed by atoms with Crippen LogP contribution in [-0.4, -0.2) is 43.6 Å². The van der Waals surface area contributed by atoms with E-state index >= 15 is 0 Å². The van der Waals surface area contributed by atoms with Gasteiger partial charge in [0.15, 0.2) is 0 Å². The Labute approximate surface area is 156 Å². The van der Waals surface area contributed by atoms with E-state index < -0.39 is 0 Å². The van der Waals surface area contributed by atoms with Gasteiger partial charge in [-0.1, -0.05) is 11.6 Å². The van der Waals surface area contributed by atoms with E-state index in [1.54, 1.807) is 17.2 Å². The SMILES string of the molecule is Cc1c(C(=O)N2CCC(c3cnc[nH]3)CC2)cnn1-c1ccc(Cl)cc1. The first kappa shape index (κ1) is 16.8. The highest BCUT2D eigenvalue weighted by Gasteiger charge is 2.27. The van der Waals surface area contributed by atoms with E-state index in [0.29, 0.717) is 16.5 Å². The zero-order valence-electron chi connectivity index (χ0n) is 14.5. The summed E-state index contributed by atoms with van der Waals surface area (Å²) in [5.74, 6) is 0.491. The summed E-state index contributed by atoms with van der Waals surface area (Å²) in [5, 5.41) is 5.08. The average Bonchev–Trinajstić information content (AvgIpc) is 3.32. The van der Waals surface area contributed by atoms with Crippen molar-refractivity contribution >= 4 is 17.5 Å². The highest BCUT2D eigenvalue weighted by atomic mass is 35.5. The maximum absolute atomic E-state index is 12.9. The van der Waals surface area contributed by atoms with Crippen LogP contribution in [0.2, 0.25) is 5.02 Å². The fraction of sp³-hybridized carbons (Fsp3) is 0.316. The Kier molecular flexibility index (Phi) is 4.51. The van der Waals surface area contributed by atoms with Gasteiger partial charge in [0.2, 0.25) is 0 Å². The fourth-order valence-corrected chi connectivity index (χ4v) is 3.64. The van der Waals surface area contributed by atoms with E-state index in [-0.39, 0.29) is 5.91 Å². The summed E-state index contributed by atoms with van der Waals surface area (Å²) in [4.78, 5) is 22.1. The minimum atomic E-state index is 0.0470. The molecule has 0 radical (unpaired) electrons. The lowest BCUT2D eigenvalue weighted by atomic mass is 9.93. The molecule has 0 spiro atoms. The number of benzene rings is 1. The summed E-state index contributed by atoms with van der Waals surface area (Å²) in [5.41, 5.74) is 3.54. The third-order valence-corrected chi connectivity index (χ3v) is 5.30. The van der Waals surface area contributed by atoms with E-state index in [1.807, 2.05) is 42.3 Å². The van der Waals surface area contributed by atoms with Crippen LogP contribution in [0.15, 0.2) is 43.0 Å². The Morgan fingerprint density at radius 1 is 1.19 bits per heavy atom. The Hall–Kier alpha value is -2.60. The van der Waals surface area contributed by atoms with Crippen molar-refractivity contribution < 1.29 is 4.79 Å². The van der Waals surface area contributed by atoms with Gasteiger partial charge in [-0.15, -0.1) is 0 Å². The molecule has 4 rings (SSSR count). The summed E-state index contributed by atoms with van der Waals surface area (Å²) >= 11 is 5.95. The van der Waals surface area contributed by atoms with Crippen LogP contribution in [0.3, 0.4) is 0 Å². The number of aromatic nitrogens is 4. The molecule has 1 aliphatic heterocycles. The van der Waals surface area contributed by atoms with Gasteiger partial charge in [-0.2, -0.15) is 5.10 Å². The summed E-state index contributed by atoms with van der Waals surface area (Å²) in [6.45, 7) is 3.41. The lowest BCUT2D eigenvalue weighted by Crippen LogP contribution is -2.38. The second kappa shape index (κ2) is 6.96. The average molecular weight is 370 g/mol. The first-order valence-electron chi connectivity index (χ1n) is 8.71. The van der Waals surface area contributed by atoms with Crippen LogP contribution in [-0.2, 0) is 0 Å². The number of amides is 1. The van der Waals surface area contributed by atoms with Gasteiger partial charge in [-0.25, -0.2) is 9.67 Å². The summed E-state index contributed by atoms with van der Waals surface area (Å²) in [6.07, 6.45) is 7.13. The van der Waals surface area contributed by atoms with Gasteiger partial charge in [0, 0.05) is 35.9 Å². The lowest BCUT2D eigenvalue weighted by Gasteiger charge is -2.31. The van der Waals surface area contributed by atoms with Crippen molar-refractivity contribution in [3.8, 4) is 5.69 Å². The van der Waals surface area contributed by atoms with Crippen LogP contribution in [0, 0.1) is 6.92 Å². The smallest absolute Gasteiger partial charge is 0.257 e. The largest absolute Gasteiger partial charge is 0.348 e. The van der Waals surface area contributed by atoms with Gasteiger partial charge >= 0.3 is 0 Å². The van der Waals surface area contributed by atoms with E-state index in [0.717, 1.165) is 43.0 Å². The molecule has 3 aromatic rings. The van der Waals surface area contributed by atoms with Crippen LogP contribution >= 0.6 is 11.6 Å². The molecular formula is C19H20ClN5O. The maximum atomic E-state index is 12.9. The summed E-state index contributed by atoms with van der Waals surface area (Å²) in [7, 11) is 0. The van der Waals surface area contributed by atoms with E-state index in [2.05, 4.69) is 15.1 Å². The minimum absolute atomic E-state index is 0.0470. The number of piperidine rings is 1. The topological polar surface area (TPSA) is 66.8 Å². The standard InChI is InChI=1S/C19H20ClN5O/c1-13-17(10-23-25(13)16-4-2-15(20)3-5-16)19(26)24-8-6-14(7-9-24)18-11-21-12-22-18/h2-5,10-12,14H,6-9H2,1H3,(H,21,22). The normalized spacial score (nSPS) is 15.4. The lowest BCUT2D eigenvalue weighted by molar-refractivity contribution is 0.0711. The molecule has 6 nitrogen and oxygen atoms in total. The van der Waals surface area contributed by atoms with Gasteiger partial charge in [0.1, 0.15) is 0 Å². The Bertz CT molecular complexity index is 893. The molecule has 2 aromatic heterocycles. The molecule has 7 heteroatoms. The maximum Gasteiger partial charge on any atom is 0.257 e. The first-order valence-corrected chi connectivity index (χ1v) is 9.09. The molecule has 0 atom stereocenters. The van der Waals surface area contributed by atoms with Crippen LogP contribution in [0.25, 0.3) is 5.69 Å². The van der Waals surface area contributed by atoms with Gasteiger partial charge in [-0.05, 0) is 44.0 Å². The quantitative estimate of drug-likeness (QED) is 0.767. The molecule has 0 unspecified atom stereocenters. The Morgan fingerprint density at radius 2 is 1.92 bits per heavy atom. The number of carbonyl (C=O) groups excluding carboxylic acids is 1. The Balaban J connectivity index is 1.48. The monoisotopic (exact) mass is 369 g/mol. The molecule has 1 amide bonds. The number of nitrogens with zero attached hydrogens (tertiary/aromatic N) is 4. The second-order valence-corrected chi connectivity index (χ2v) is 7.04. The molecule has 1 N–H and O–H groups in total. The molecule has 0 bridgehead atoms. The van der Waals surface area contributed by atoms with Crippen molar-refractivity contribution in [2.45, 2.75) is 25.7 Å². The first-order chi connectivity index (χ1) is 12.6. The number of H-pyrrole nitrogens is 1. The number of hydrogen-bond donors (Lipinski definition) is 1. The molecule has 134 valence electrons. The number of rotatable bonds is 3. The van der Waals surface area contributed by atoms with Crippen molar-refractivity contribution in [2.24, 2.45) is 0 Å². The highest BCUT2D eigenvalue weighted by Crippen LogP contribution is 2.27. The van der Waals surface area contributed by atoms with Crippen molar-refractivity contribution in [3.05, 3.63) is 65.0 Å². The molecule has 1 saturated heterocycles. The summed E-state index contributed by atoms with van der Waals surface area (Å²) in [6, 6.07) is 7.43. The van der Waals surface area contributed by atoms with Crippen LogP contribution in [0.1, 0.15) is 40.5 Å². The van der Waals surface area contributed by atoms with Crippen LogP contribution in [0.5, 0.6) is 0 Å². The molecule has 1 aliphatic rings. The number of nitrogens with one attached hydrogen (secondary N) is 1. The second-order valence-electron chi connectivity index (χ2n) is 6.61. The molecule has 0 saturated carbocycles. The van der Waals surface area contributed by atoms with Crippen molar-refractivity contribution in [3.63, 3.8) is 0 Å². The number of imidazole rings is 1. The number of aromatic amines is 1. The zero-order chi connectivity index (χ0) is 18.1. The minimum Gasteiger partial charge on any atom is -0.348 e. The predicted molar refractivity (Wildman–Crippen MR) is 99.8 cm³/mol. The van der Waals surface area contributed by atoms with Crippen molar-refractivity contribution in [2.75, 3.05) is 13.1 Å². The molecule has 26 heavy (non-hydrogen) atoms. The number of halogens is 1. The third kappa shape index (κ3) is 3.12. The molecule has 0 aliphatic carbocycles. The van der Waals surface area contributed by atoms with E-state index in [1.165, 1.54) is 0 Å². The van der Waals surface area contributed by atoms with E-state index in [9.17, 15) is 4.79 Å². The van der Waals surface area contributed by atoms with Crippen LogP contribution in [0.4, 0.5) is 0 Å². The predicted octanol–water partition coefficient (Wildman–Crippen LogP) is 3.58. The van der Waals surface area contributed by atoms with E-state index in [4.69, 9.17) is 11.6 Å². The number of hydrogen-bond acceptors (Lipinski definition) is 3. The van der Waals surface area contributed by atoms with Gasteiger partial charge in [-0.3, -0.25) is 4.79 Å². The van der Waals surface area contributed by atoms with Gasteiger partial charge in [0.25, 0.3) is 5.91 Å². The molecule has 1 fully saturated rings. The molecule has 1 aromatic carbocycles. The van der Waals surface area contributed by atoms with Gasteiger partial charge in [0.05, 0.1) is 29.5 Å². The zero-order valence-corrected chi connectivity index (χ0v) is 15.3. The van der Waals surface area contributed by atoms with Crippen molar-refractivity contribution in [1.29, 1.82) is 0 Å². The van der Waals surface area contributed by atoms with Crippen LogP contribution < -0.4 is 0 Å². The fourth-order valence-electron chi connectivity index (χ4n) is 3.52. The number of likely N-dealkylation sites (tertiary alicyclic amines) is 1. The highest BCUT2D eigenvalue weighted by molar-refractivity contribution is 6.30. The molecular weight excluding hydrogens is 350 g/mol. The van der Waals surface area contributed by atoms with Gasteiger partial charge < -0.3 is 9.88 Å². The Morgan fingerprint density at radius 3 is 2.58 bits per heavy atom. The molecule has 3 heterocycles. The third-order valence-electron chi connectivity index (χ3n) is 5.05.